The minimum absolute atomic E-state index is 0.00728. The first-order chi connectivity index (χ1) is 14.5. The Hall–Kier alpha value is -3.35. The lowest BCUT2D eigenvalue weighted by atomic mass is 10.0. The Kier molecular flexibility index (Phi) is 6.04. The molecule has 2 aromatic rings. The number of aliphatic carboxylic acids is 1. The van der Waals surface area contributed by atoms with Crippen LogP contribution in [0.2, 0.25) is 0 Å². The van der Waals surface area contributed by atoms with Crippen LogP contribution in [0.3, 0.4) is 0 Å². The summed E-state index contributed by atoms with van der Waals surface area (Å²) in [5, 5.41) is 9.46. The van der Waals surface area contributed by atoms with Gasteiger partial charge in [-0.05, 0) is 24.0 Å². The lowest BCUT2D eigenvalue weighted by Gasteiger charge is -2.32. The van der Waals surface area contributed by atoms with Gasteiger partial charge in [-0.1, -0.05) is 60.7 Å². The maximum absolute atomic E-state index is 13.4. The van der Waals surface area contributed by atoms with E-state index in [-0.39, 0.29) is 6.61 Å². The molecule has 1 fully saturated rings. The molecule has 29 heavy (non-hydrogen) atoms. The first-order valence-electron chi connectivity index (χ1n) is 10.1. The van der Waals surface area contributed by atoms with Gasteiger partial charge in [-0.2, -0.15) is 0 Å². The lowest BCUT2D eigenvalue weighted by molar-refractivity contribution is -0.150. The van der Waals surface area contributed by atoms with Crippen molar-refractivity contribution in [3.8, 4) is 0 Å². The Bertz CT molecular complexity index is 878. The first-order valence-corrected chi connectivity index (χ1v) is 9.37. The smallest absolute Gasteiger partial charge is 0.410 e. The summed E-state index contributed by atoms with van der Waals surface area (Å²) in [6.45, 7) is 0.303. The van der Waals surface area contributed by atoms with Gasteiger partial charge >= 0.3 is 12.1 Å². The molecule has 2 atom stereocenters. The molecule has 0 radical (unpaired) electrons. The van der Waals surface area contributed by atoms with Crippen molar-refractivity contribution in [1.82, 2.24) is 9.80 Å². The highest BCUT2D eigenvalue weighted by molar-refractivity contribution is 5.90. The predicted octanol–water partition coefficient (Wildman–Crippen LogP) is 3.07. The van der Waals surface area contributed by atoms with Crippen LogP contribution in [0.25, 0.3) is 0 Å². The second-order valence-corrected chi connectivity index (χ2v) is 6.85. The van der Waals surface area contributed by atoms with Crippen LogP contribution in [0.1, 0.15) is 31.4 Å². The van der Waals surface area contributed by atoms with Gasteiger partial charge in [0.1, 0.15) is 18.7 Å². The molecule has 1 heterocycles. The van der Waals surface area contributed by atoms with Gasteiger partial charge in [-0.3, -0.25) is 9.69 Å². The topological polar surface area (TPSA) is 87.2 Å². The molecule has 1 saturated heterocycles. The number of hydrogen-bond donors (Lipinski definition) is 1. The number of carboxylic acids is 1. The summed E-state index contributed by atoms with van der Waals surface area (Å²) < 4.78 is 13.2. The number of amides is 2. The predicted molar refractivity (Wildman–Crippen MR) is 106 cm³/mol. The van der Waals surface area contributed by atoms with Gasteiger partial charge in [0.25, 0.3) is 5.91 Å². The van der Waals surface area contributed by atoms with Crippen LogP contribution >= 0.6 is 0 Å². The van der Waals surface area contributed by atoms with Crippen LogP contribution in [0.15, 0.2) is 60.7 Å². The Labute approximate surface area is 170 Å². The van der Waals surface area contributed by atoms with Crippen LogP contribution in [0, 0.1) is 0 Å². The third-order valence-electron chi connectivity index (χ3n) is 4.92. The van der Waals surface area contributed by atoms with Gasteiger partial charge in [0, 0.05) is 14.9 Å². The molecule has 1 aliphatic heterocycles. The number of benzene rings is 2. The fourth-order valence-electron chi connectivity index (χ4n) is 3.44. The van der Waals surface area contributed by atoms with Crippen molar-refractivity contribution in [2.45, 2.75) is 31.5 Å². The molecule has 7 nitrogen and oxygen atoms in total. The molecule has 2 aromatic carbocycles. The Morgan fingerprint density at radius 1 is 1.17 bits per heavy atom. The van der Waals surface area contributed by atoms with E-state index in [0.717, 1.165) is 10.5 Å². The van der Waals surface area contributed by atoms with Gasteiger partial charge in [-0.15, -0.1) is 0 Å². The second kappa shape index (κ2) is 9.23. The average molecular weight is 397 g/mol. The van der Waals surface area contributed by atoms with Gasteiger partial charge in [0.2, 0.25) is 0 Å². The number of likely N-dealkylation sites (N-methyl/N-ethyl adjacent to an activating group) is 1. The molecule has 0 saturated carbocycles. The van der Waals surface area contributed by atoms with Crippen LogP contribution in [0.4, 0.5) is 4.79 Å². The summed E-state index contributed by atoms with van der Waals surface area (Å²) in [7, 11) is -0.509. The molecule has 1 aliphatic rings. The molecule has 0 aromatic heterocycles. The molecule has 0 aliphatic carbocycles. The zero-order valence-electron chi connectivity index (χ0n) is 16.9. The number of rotatable bonds is 6. The minimum Gasteiger partial charge on any atom is -0.480 e. The summed E-state index contributed by atoms with van der Waals surface area (Å²) in [5.41, 5.74) is 1.28. The molecule has 0 bridgehead atoms. The zero-order chi connectivity index (χ0) is 21.5. The van der Waals surface area contributed by atoms with E-state index >= 15 is 0 Å². The number of carbonyl (C=O) groups excluding carboxylic acids is 2. The maximum Gasteiger partial charge on any atom is 0.410 e. The van der Waals surface area contributed by atoms with Crippen LogP contribution in [0.5, 0.6) is 0 Å². The fourth-order valence-corrected chi connectivity index (χ4v) is 3.44. The number of carbonyl (C=O) groups is 3. The maximum atomic E-state index is 13.4. The van der Waals surface area contributed by atoms with E-state index in [2.05, 4.69) is 0 Å². The Morgan fingerprint density at radius 2 is 1.83 bits per heavy atom. The zero-order valence-corrected chi connectivity index (χ0v) is 15.9. The van der Waals surface area contributed by atoms with Crippen molar-refractivity contribution >= 4 is 18.0 Å². The Balaban J connectivity index is 1.85. The summed E-state index contributed by atoms with van der Waals surface area (Å²) in [4.78, 5) is 40.0. The number of ether oxygens (including phenoxy) is 1. The number of carboxylic acid groups (broad SMARTS) is 1. The van der Waals surface area contributed by atoms with E-state index in [1.807, 2.05) is 18.2 Å². The van der Waals surface area contributed by atoms with E-state index < -0.39 is 37.1 Å². The first kappa shape index (κ1) is 19.0. The van der Waals surface area contributed by atoms with Crippen molar-refractivity contribution in [3.05, 3.63) is 71.8 Å². The normalized spacial score (nSPS) is 17.3. The second-order valence-electron chi connectivity index (χ2n) is 6.85. The van der Waals surface area contributed by atoms with Crippen molar-refractivity contribution in [3.63, 3.8) is 0 Å². The summed E-state index contributed by atoms with van der Waals surface area (Å²) in [6.07, 6.45) is 0.132. The highest BCUT2D eigenvalue weighted by atomic mass is 16.6. The molecule has 1 N–H and O–H groups in total. The third-order valence-corrected chi connectivity index (χ3v) is 4.92. The summed E-state index contributed by atoms with van der Waals surface area (Å²) in [5.74, 6) is -1.59. The fraction of sp³-hybridized carbons (Fsp3) is 0.318. The summed E-state index contributed by atoms with van der Waals surface area (Å²) >= 11 is 0. The van der Waals surface area contributed by atoms with E-state index in [4.69, 9.17) is 6.11 Å². The van der Waals surface area contributed by atoms with Gasteiger partial charge in [0.15, 0.2) is 0 Å². The van der Waals surface area contributed by atoms with Crippen LogP contribution in [-0.4, -0.2) is 52.5 Å². The highest BCUT2D eigenvalue weighted by Crippen LogP contribution is 2.28. The third kappa shape index (κ3) is 4.74. The van der Waals surface area contributed by atoms with Crippen molar-refractivity contribution in [2.75, 3.05) is 13.6 Å². The SMILES string of the molecule is [2H]CN(C(=O)OCc1ccccc1)C(C(=O)N1CCC[C@H]1C(=O)O)c1ccccc1. The molecule has 0 spiro atoms. The van der Waals surface area contributed by atoms with Crippen molar-refractivity contribution in [1.29, 1.82) is 0 Å². The monoisotopic (exact) mass is 397 g/mol. The minimum atomic E-state index is -1.13. The van der Waals surface area contributed by atoms with E-state index in [1.54, 1.807) is 42.5 Å². The van der Waals surface area contributed by atoms with E-state index in [9.17, 15) is 19.5 Å². The van der Waals surface area contributed by atoms with Crippen molar-refractivity contribution < 1.29 is 25.6 Å². The highest BCUT2D eigenvalue weighted by Gasteiger charge is 2.40. The molecular formula is C22H24N2O5. The lowest BCUT2D eigenvalue weighted by Crippen LogP contribution is -2.47. The van der Waals surface area contributed by atoms with Gasteiger partial charge < -0.3 is 14.7 Å². The van der Waals surface area contributed by atoms with Crippen molar-refractivity contribution in [2.24, 2.45) is 0 Å². The molecule has 7 heteroatoms. The van der Waals surface area contributed by atoms with Gasteiger partial charge in [-0.25, -0.2) is 9.59 Å². The quantitative estimate of drug-likeness (QED) is 0.809. The van der Waals surface area contributed by atoms with Crippen LogP contribution < -0.4 is 0 Å². The number of nitrogens with zero attached hydrogens (tertiary/aromatic N) is 2. The van der Waals surface area contributed by atoms with Crippen LogP contribution in [-0.2, 0) is 20.9 Å². The standard InChI is InChI=1S/C22H24N2O5/c1-23(22(28)29-15-16-9-4-2-5-10-16)19(17-11-6-3-7-12-17)20(25)24-14-8-13-18(24)21(26)27/h2-7,9-12,18-19H,8,13-15H2,1H3,(H,26,27)/t18-,19?/m0/s1/i1D. The molecule has 2 amide bonds. The largest absolute Gasteiger partial charge is 0.480 e. The molecule has 3 rings (SSSR count). The number of likely N-dealkylation sites (tertiary alicyclic amines) is 1. The van der Waals surface area contributed by atoms with E-state index in [1.165, 1.54) is 4.90 Å². The average Bonchev–Trinajstić information content (AvgIpc) is 3.27. The Morgan fingerprint density at radius 3 is 2.45 bits per heavy atom. The molecule has 152 valence electrons. The summed E-state index contributed by atoms with van der Waals surface area (Å²) in [6, 6.07) is 15.6. The van der Waals surface area contributed by atoms with E-state index in [0.29, 0.717) is 24.9 Å². The molecule has 1 unspecified atom stereocenters. The van der Waals surface area contributed by atoms with Gasteiger partial charge in [0.05, 0.1) is 0 Å². The number of hydrogen-bond acceptors (Lipinski definition) is 4. The molecular weight excluding hydrogens is 372 g/mol.